The van der Waals surface area contributed by atoms with E-state index in [2.05, 4.69) is 6.92 Å². The first kappa shape index (κ1) is 25.1. The van der Waals surface area contributed by atoms with Gasteiger partial charge in [0, 0.05) is 26.5 Å². The number of thioether (sulfide) groups is 1. The van der Waals surface area contributed by atoms with E-state index in [0.29, 0.717) is 10.6 Å². The van der Waals surface area contributed by atoms with Gasteiger partial charge in [0.2, 0.25) is 5.91 Å². The van der Waals surface area contributed by atoms with Crippen LogP contribution >= 0.6 is 34.9 Å². The van der Waals surface area contributed by atoms with E-state index in [1.165, 1.54) is 34.5 Å². The van der Waals surface area contributed by atoms with Gasteiger partial charge in [-0.2, -0.15) is 13.2 Å². The number of hydrogen-bond acceptors (Lipinski definition) is 6. The van der Waals surface area contributed by atoms with Crippen LogP contribution in [-0.4, -0.2) is 21.6 Å². The highest BCUT2D eigenvalue weighted by Gasteiger charge is 2.35. The zero-order valence-electron chi connectivity index (χ0n) is 19.8. The van der Waals surface area contributed by atoms with E-state index >= 15 is 0 Å². The molecule has 0 spiro atoms. The molecule has 0 saturated carbocycles. The molecule has 10 heteroatoms. The summed E-state index contributed by atoms with van der Waals surface area (Å²) in [6, 6.07) is 10.8. The number of benzene rings is 2. The molecule has 1 amide bonds. The summed E-state index contributed by atoms with van der Waals surface area (Å²) in [6.07, 6.45) is -2.87. The van der Waals surface area contributed by atoms with Gasteiger partial charge in [0.1, 0.15) is 15.7 Å². The molecule has 5 rings (SSSR count). The molecule has 0 N–H and O–H groups in total. The number of hydrogen-bond donors (Lipinski definition) is 0. The van der Waals surface area contributed by atoms with Crippen molar-refractivity contribution in [1.82, 2.24) is 9.97 Å². The lowest BCUT2D eigenvalue weighted by Gasteiger charge is -2.31. The Morgan fingerprint density at radius 1 is 1.06 bits per heavy atom. The van der Waals surface area contributed by atoms with E-state index in [1.807, 2.05) is 26.0 Å². The molecule has 0 unspecified atom stereocenters. The van der Waals surface area contributed by atoms with Crippen LogP contribution < -0.4 is 4.90 Å². The van der Waals surface area contributed by atoms with E-state index in [4.69, 9.17) is 9.97 Å². The Hall–Kier alpha value is -2.56. The topological polar surface area (TPSA) is 46.1 Å². The Balaban J connectivity index is 1.52. The number of anilines is 2. The quantitative estimate of drug-likeness (QED) is 0.187. The minimum Gasteiger partial charge on any atom is -0.278 e. The highest BCUT2D eigenvalue weighted by molar-refractivity contribution is 8.00. The number of carbonyl (C=O) groups is 1. The Labute approximate surface area is 219 Å². The fourth-order valence-corrected chi connectivity index (χ4v) is 7.19. The van der Waals surface area contributed by atoms with Gasteiger partial charge in [0.25, 0.3) is 0 Å². The normalized spacial score (nSPS) is 13.1. The first-order valence-electron chi connectivity index (χ1n) is 11.4. The van der Waals surface area contributed by atoms with Gasteiger partial charge in [0.15, 0.2) is 0 Å². The van der Waals surface area contributed by atoms with Crippen LogP contribution in [0.5, 0.6) is 0 Å². The molecular weight excluding hydrogens is 524 g/mol. The Morgan fingerprint density at radius 2 is 1.81 bits per heavy atom. The fraction of sp³-hybridized carbons (Fsp3) is 0.269. The number of nitrogens with zero attached hydrogens (tertiary/aromatic N) is 3. The van der Waals surface area contributed by atoms with Crippen LogP contribution in [0.3, 0.4) is 0 Å². The van der Waals surface area contributed by atoms with E-state index in [1.54, 1.807) is 23.5 Å². The third kappa shape index (κ3) is 4.62. The lowest BCUT2D eigenvalue weighted by molar-refractivity contribution is -0.137. The summed E-state index contributed by atoms with van der Waals surface area (Å²) >= 11 is 4.29. The molecule has 0 fully saturated rings. The molecule has 0 aliphatic carbocycles. The highest BCUT2D eigenvalue weighted by Crippen LogP contribution is 2.50. The van der Waals surface area contributed by atoms with Crippen LogP contribution in [0.15, 0.2) is 57.3 Å². The number of para-hydroxylation sites is 1. The van der Waals surface area contributed by atoms with Gasteiger partial charge in [-0.1, -0.05) is 42.6 Å². The number of halogens is 3. The molecule has 0 saturated heterocycles. The Bertz CT molecular complexity index is 1480. The van der Waals surface area contributed by atoms with Crippen molar-refractivity contribution < 1.29 is 18.0 Å². The molecule has 186 valence electrons. The van der Waals surface area contributed by atoms with Gasteiger partial charge in [-0.05, 0) is 56.2 Å². The van der Waals surface area contributed by atoms with Gasteiger partial charge in [-0.15, -0.1) is 11.3 Å². The lowest BCUT2D eigenvalue weighted by atomic mass is 10.1. The van der Waals surface area contributed by atoms with E-state index in [9.17, 15) is 18.0 Å². The van der Waals surface area contributed by atoms with E-state index in [-0.39, 0.29) is 17.3 Å². The first-order valence-corrected chi connectivity index (χ1v) is 14.0. The minimum absolute atomic E-state index is 0.0285. The molecule has 0 bridgehead atoms. The monoisotopic (exact) mass is 545 g/mol. The van der Waals surface area contributed by atoms with Crippen LogP contribution in [0.1, 0.15) is 35.2 Å². The second-order valence-corrected chi connectivity index (χ2v) is 11.7. The predicted molar refractivity (Wildman–Crippen MR) is 141 cm³/mol. The first-order chi connectivity index (χ1) is 17.2. The summed E-state index contributed by atoms with van der Waals surface area (Å²) in [7, 11) is 0. The number of alkyl halides is 3. The average molecular weight is 546 g/mol. The van der Waals surface area contributed by atoms with Crippen LogP contribution in [0.25, 0.3) is 10.2 Å². The number of aromatic nitrogens is 2. The molecule has 1 aliphatic heterocycles. The van der Waals surface area contributed by atoms with Crippen LogP contribution in [0, 0.1) is 13.8 Å². The summed E-state index contributed by atoms with van der Waals surface area (Å²) < 4.78 is 40.5. The summed E-state index contributed by atoms with van der Waals surface area (Å²) in [5, 5.41) is 1.69. The number of aryl methyl sites for hydroxylation is 3. The van der Waals surface area contributed by atoms with E-state index in [0.717, 1.165) is 61.4 Å². The maximum Gasteiger partial charge on any atom is 0.416 e. The SMILES string of the molecule is CCCc1nc(SCC(=O)N2c3ccccc3Sc3ccc(C(F)(F)F)cc32)c2c(C)c(C)sc2n1. The second-order valence-electron chi connectivity index (χ2n) is 8.43. The lowest BCUT2D eigenvalue weighted by Crippen LogP contribution is -2.30. The zero-order chi connectivity index (χ0) is 25.6. The number of rotatable bonds is 5. The second kappa shape index (κ2) is 9.72. The minimum atomic E-state index is -4.50. The van der Waals surface area contributed by atoms with Crippen molar-refractivity contribution in [3.63, 3.8) is 0 Å². The van der Waals surface area contributed by atoms with Gasteiger partial charge >= 0.3 is 6.18 Å². The molecule has 1 aliphatic rings. The Morgan fingerprint density at radius 3 is 2.56 bits per heavy atom. The fourth-order valence-electron chi connectivity index (χ4n) is 4.09. The van der Waals surface area contributed by atoms with Crippen LogP contribution in [0.2, 0.25) is 0 Å². The molecule has 0 radical (unpaired) electrons. The zero-order valence-corrected chi connectivity index (χ0v) is 22.2. The largest absolute Gasteiger partial charge is 0.416 e. The van der Waals surface area contributed by atoms with E-state index < -0.39 is 11.7 Å². The van der Waals surface area contributed by atoms with Gasteiger partial charge in [0.05, 0.1) is 22.7 Å². The number of carbonyl (C=O) groups excluding carboxylic acids is 1. The standard InChI is InChI=1S/C26H22F3N3OS3/c1-4-7-21-30-24(23-14(2)15(3)35-25(23)31-21)34-13-22(33)32-17-8-5-6-9-19(17)36-20-11-10-16(12-18(20)32)26(27,28)29/h5-6,8-12H,4,7,13H2,1-3H3. The van der Waals surface area contributed by atoms with Gasteiger partial charge in [-0.25, -0.2) is 9.97 Å². The van der Waals surface area contributed by atoms with Crippen molar-refractivity contribution in [3.8, 4) is 0 Å². The van der Waals surface area contributed by atoms with Gasteiger partial charge in [-0.3, -0.25) is 9.69 Å². The maximum atomic E-state index is 13.7. The molecule has 2 aromatic carbocycles. The van der Waals surface area contributed by atoms with Crippen LogP contribution in [0.4, 0.5) is 24.5 Å². The third-order valence-corrected chi connectivity index (χ3v) is 9.14. The van der Waals surface area contributed by atoms with Gasteiger partial charge < -0.3 is 0 Å². The predicted octanol–water partition coefficient (Wildman–Crippen LogP) is 8.20. The van der Waals surface area contributed by atoms with Crippen molar-refractivity contribution in [1.29, 1.82) is 0 Å². The number of amides is 1. The summed E-state index contributed by atoms with van der Waals surface area (Å²) in [4.78, 5) is 28.0. The van der Waals surface area contributed by atoms with Crippen molar-refractivity contribution in [3.05, 3.63) is 64.3 Å². The highest BCUT2D eigenvalue weighted by atomic mass is 32.2. The molecule has 3 heterocycles. The van der Waals surface area contributed by atoms with Crippen molar-refractivity contribution >= 4 is 62.4 Å². The van der Waals surface area contributed by atoms with Crippen molar-refractivity contribution in [2.75, 3.05) is 10.7 Å². The maximum absolute atomic E-state index is 13.7. The van der Waals surface area contributed by atoms with Crippen molar-refractivity contribution in [2.45, 2.75) is 54.6 Å². The summed E-state index contributed by atoms with van der Waals surface area (Å²) in [6.45, 7) is 6.13. The third-order valence-electron chi connectivity index (χ3n) is 5.95. The molecular formula is C26H22F3N3OS3. The summed E-state index contributed by atoms with van der Waals surface area (Å²) in [5.74, 6) is 0.462. The number of fused-ring (bicyclic) bond motifs is 3. The molecule has 4 aromatic rings. The van der Waals surface area contributed by atoms with Crippen molar-refractivity contribution in [2.24, 2.45) is 0 Å². The smallest absolute Gasteiger partial charge is 0.278 e. The van der Waals surface area contributed by atoms with Crippen LogP contribution in [-0.2, 0) is 17.4 Å². The average Bonchev–Trinajstić information content (AvgIpc) is 3.13. The number of thiophene rings is 1. The molecule has 36 heavy (non-hydrogen) atoms. The molecule has 4 nitrogen and oxygen atoms in total. The summed E-state index contributed by atoms with van der Waals surface area (Å²) in [5.41, 5.74) is 1.15. The molecule has 0 atom stereocenters. The molecule has 2 aromatic heterocycles. The Kier molecular flexibility index (Phi) is 6.78.